The van der Waals surface area contributed by atoms with Crippen molar-refractivity contribution in [2.24, 2.45) is 11.7 Å². The van der Waals surface area contributed by atoms with E-state index in [-0.39, 0.29) is 11.8 Å². The van der Waals surface area contributed by atoms with E-state index in [4.69, 9.17) is 17.3 Å². The Hall–Kier alpha value is -2.67. The van der Waals surface area contributed by atoms with Gasteiger partial charge in [0, 0.05) is 29.7 Å². The van der Waals surface area contributed by atoms with Gasteiger partial charge in [0.15, 0.2) is 17.0 Å². The smallest absolute Gasteiger partial charge is 0.220 e. The van der Waals surface area contributed by atoms with Crippen LogP contribution in [0, 0.1) is 5.92 Å². The summed E-state index contributed by atoms with van der Waals surface area (Å²) in [5, 5.41) is 0.681. The molecular formula is C17H17ClN6O. The summed E-state index contributed by atoms with van der Waals surface area (Å²) >= 11 is 5.96. The lowest BCUT2D eigenvalue weighted by molar-refractivity contribution is -0.122. The van der Waals surface area contributed by atoms with Gasteiger partial charge in [-0.1, -0.05) is 11.6 Å². The van der Waals surface area contributed by atoms with Crippen molar-refractivity contribution in [1.82, 2.24) is 19.5 Å². The molecule has 1 saturated heterocycles. The van der Waals surface area contributed by atoms with Gasteiger partial charge in [0.2, 0.25) is 5.91 Å². The Bertz CT molecular complexity index is 915. The predicted octanol–water partition coefficient (Wildman–Crippen LogP) is 2.17. The van der Waals surface area contributed by atoms with Gasteiger partial charge in [0.25, 0.3) is 0 Å². The van der Waals surface area contributed by atoms with Crippen LogP contribution in [0.3, 0.4) is 0 Å². The Morgan fingerprint density at radius 1 is 1.12 bits per heavy atom. The number of hydrogen-bond acceptors (Lipinski definition) is 5. The number of piperidine rings is 1. The fourth-order valence-corrected chi connectivity index (χ4v) is 3.35. The van der Waals surface area contributed by atoms with Gasteiger partial charge in [-0.05, 0) is 37.1 Å². The largest absolute Gasteiger partial charge is 0.369 e. The van der Waals surface area contributed by atoms with Crippen molar-refractivity contribution in [3.63, 3.8) is 0 Å². The van der Waals surface area contributed by atoms with Gasteiger partial charge in [-0.25, -0.2) is 15.0 Å². The highest BCUT2D eigenvalue weighted by molar-refractivity contribution is 6.30. The first kappa shape index (κ1) is 15.8. The quantitative estimate of drug-likeness (QED) is 0.776. The topological polar surface area (TPSA) is 89.9 Å². The minimum atomic E-state index is -0.223. The zero-order valence-electron chi connectivity index (χ0n) is 13.5. The molecule has 1 amide bonds. The summed E-state index contributed by atoms with van der Waals surface area (Å²) in [7, 11) is 0. The number of rotatable bonds is 3. The number of primary amides is 1. The number of benzene rings is 1. The van der Waals surface area contributed by atoms with Crippen molar-refractivity contribution in [2.75, 3.05) is 18.0 Å². The maximum atomic E-state index is 11.3. The number of amides is 1. The normalized spacial score (nSPS) is 15.6. The fourth-order valence-electron chi connectivity index (χ4n) is 3.22. The highest BCUT2D eigenvalue weighted by Gasteiger charge is 2.25. The molecule has 2 aromatic heterocycles. The number of hydrogen-bond donors (Lipinski definition) is 1. The predicted molar refractivity (Wildman–Crippen MR) is 95.8 cm³/mol. The molecule has 1 aliphatic heterocycles. The fraction of sp³-hybridized carbons (Fsp3) is 0.294. The van der Waals surface area contributed by atoms with Gasteiger partial charge < -0.3 is 10.6 Å². The number of carbonyl (C=O) groups excluding carboxylic acids is 1. The van der Waals surface area contributed by atoms with Crippen molar-refractivity contribution >= 4 is 34.5 Å². The molecule has 0 aliphatic carbocycles. The van der Waals surface area contributed by atoms with Crippen molar-refractivity contribution in [3.05, 3.63) is 41.9 Å². The first-order chi connectivity index (χ1) is 12.1. The molecule has 0 saturated carbocycles. The van der Waals surface area contributed by atoms with Crippen LogP contribution in [0.25, 0.3) is 16.9 Å². The minimum absolute atomic E-state index is 0.0554. The van der Waals surface area contributed by atoms with Crippen LogP contribution >= 0.6 is 11.6 Å². The van der Waals surface area contributed by atoms with E-state index in [1.165, 1.54) is 0 Å². The SMILES string of the molecule is NC(=O)C1CCN(c2ncnc3c2ncn3-c2ccc(Cl)cc2)CC1. The molecular weight excluding hydrogens is 340 g/mol. The third-order valence-electron chi connectivity index (χ3n) is 4.62. The molecule has 1 aromatic carbocycles. The van der Waals surface area contributed by atoms with Crippen LogP contribution in [-0.4, -0.2) is 38.5 Å². The molecule has 8 heteroatoms. The van der Waals surface area contributed by atoms with E-state index in [9.17, 15) is 4.79 Å². The molecule has 0 atom stereocenters. The van der Waals surface area contributed by atoms with E-state index in [1.807, 2.05) is 28.8 Å². The Morgan fingerprint density at radius 3 is 2.52 bits per heavy atom. The van der Waals surface area contributed by atoms with Crippen molar-refractivity contribution in [1.29, 1.82) is 0 Å². The summed E-state index contributed by atoms with van der Waals surface area (Å²) < 4.78 is 1.91. The second kappa shape index (κ2) is 6.33. The third kappa shape index (κ3) is 2.91. The molecule has 1 aliphatic rings. The van der Waals surface area contributed by atoms with Crippen molar-refractivity contribution in [2.45, 2.75) is 12.8 Å². The van der Waals surface area contributed by atoms with Gasteiger partial charge in [-0.3, -0.25) is 9.36 Å². The van der Waals surface area contributed by atoms with Gasteiger partial charge in [0.1, 0.15) is 12.7 Å². The highest BCUT2D eigenvalue weighted by atomic mass is 35.5. The lowest BCUT2D eigenvalue weighted by Crippen LogP contribution is -2.39. The summed E-state index contributed by atoms with van der Waals surface area (Å²) in [6.07, 6.45) is 4.76. The maximum Gasteiger partial charge on any atom is 0.220 e. The van der Waals surface area contributed by atoms with E-state index < -0.39 is 0 Å². The van der Waals surface area contributed by atoms with E-state index in [0.29, 0.717) is 5.02 Å². The van der Waals surface area contributed by atoms with Crippen LogP contribution in [0.5, 0.6) is 0 Å². The van der Waals surface area contributed by atoms with E-state index in [0.717, 1.165) is 48.6 Å². The number of carbonyl (C=O) groups is 1. The molecule has 3 aromatic rings. The number of imidazole rings is 1. The Labute approximate surface area is 149 Å². The molecule has 4 rings (SSSR count). The second-order valence-corrected chi connectivity index (χ2v) is 6.56. The summed E-state index contributed by atoms with van der Waals surface area (Å²) in [4.78, 5) is 26.8. The van der Waals surface area contributed by atoms with Gasteiger partial charge in [0.05, 0.1) is 0 Å². The van der Waals surface area contributed by atoms with Crippen LogP contribution < -0.4 is 10.6 Å². The van der Waals surface area contributed by atoms with E-state index >= 15 is 0 Å². The number of nitrogens with two attached hydrogens (primary N) is 1. The van der Waals surface area contributed by atoms with Crippen LogP contribution in [0.4, 0.5) is 5.82 Å². The number of aromatic nitrogens is 4. The van der Waals surface area contributed by atoms with Crippen LogP contribution in [0.1, 0.15) is 12.8 Å². The third-order valence-corrected chi connectivity index (χ3v) is 4.87. The van der Waals surface area contributed by atoms with E-state index in [1.54, 1.807) is 12.7 Å². The van der Waals surface area contributed by atoms with Gasteiger partial charge in [-0.15, -0.1) is 0 Å². The summed E-state index contributed by atoms with van der Waals surface area (Å²) in [5.41, 5.74) is 7.83. The highest BCUT2D eigenvalue weighted by Crippen LogP contribution is 2.27. The first-order valence-corrected chi connectivity index (χ1v) is 8.49. The number of anilines is 1. The molecule has 128 valence electrons. The molecule has 25 heavy (non-hydrogen) atoms. The molecule has 7 nitrogen and oxygen atoms in total. The first-order valence-electron chi connectivity index (χ1n) is 8.12. The van der Waals surface area contributed by atoms with E-state index in [2.05, 4.69) is 19.9 Å². The molecule has 0 spiro atoms. The number of nitrogens with zero attached hydrogens (tertiary/aromatic N) is 5. The number of halogens is 1. The monoisotopic (exact) mass is 356 g/mol. The summed E-state index contributed by atoms with van der Waals surface area (Å²) in [5.74, 6) is 0.514. The van der Waals surface area contributed by atoms with Crippen LogP contribution in [0.15, 0.2) is 36.9 Å². The zero-order chi connectivity index (χ0) is 17.4. The molecule has 0 unspecified atom stereocenters. The summed E-state index contributed by atoms with van der Waals surface area (Å²) in [6.45, 7) is 1.46. The lowest BCUT2D eigenvalue weighted by Gasteiger charge is -2.31. The minimum Gasteiger partial charge on any atom is -0.369 e. The number of fused-ring (bicyclic) bond motifs is 1. The maximum absolute atomic E-state index is 11.3. The summed E-state index contributed by atoms with van der Waals surface area (Å²) in [6, 6.07) is 7.51. The van der Waals surface area contributed by atoms with Crippen molar-refractivity contribution < 1.29 is 4.79 Å². The molecule has 2 N–H and O–H groups in total. The average molecular weight is 357 g/mol. The Morgan fingerprint density at radius 2 is 1.84 bits per heavy atom. The Balaban J connectivity index is 1.68. The molecule has 1 fully saturated rings. The standard InChI is InChI=1S/C17H17ClN6O/c18-12-1-3-13(4-2-12)24-10-22-14-16(20-9-21-17(14)24)23-7-5-11(6-8-23)15(19)25/h1-4,9-11H,5-8H2,(H2,19,25). The van der Waals surface area contributed by atoms with Gasteiger partial charge in [-0.2, -0.15) is 0 Å². The molecule has 0 radical (unpaired) electrons. The van der Waals surface area contributed by atoms with Crippen molar-refractivity contribution in [3.8, 4) is 5.69 Å². The second-order valence-electron chi connectivity index (χ2n) is 6.12. The van der Waals surface area contributed by atoms with Gasteiger partial charge >= 0.3 is 0 Å². The average Bonchev–Trinajstić information content (AvgIpc) is 3.06. The van der Waals surface area contributed by atoms with Crippen LogP contribution in [0.2, 0.25) is 5.02 Å². The lowest BCUT2D eigenvalue weighted by atomic mass is 9.96. The van der Waals surface area contributed by atoms with Crippen LogP contribution in [-0.2, 0) is 4.79 Å². The molecule has 3 heterocycles. The molecule has 0 bridgehead atoms. The Kier molecular flexibility index (Phi) is 4.01. The zero-order valence-corrected chi connectivity index (χ0v) is 14.2.